The van der Waals surface area contributed by atoms with Crippen LogP contribution in [0.1, 0.15) is 26.3 Å². The summed E-state index contributed by atoms with van der Waals surface area (Å²) in [6.07, 6.45) is 1.60. The summed E-state index contributed by atoms with van der Waals surface area (Å²) in [5, 5.41) is 13.7. The molecule has 0 aliphatic carbocycles. The van der Waals surface area contributed by atoms with Gasteiger partial charge in [0.1, 0.15) is 5.00 Å². The molecule has 2 aromatic heterocycles. The van der Waals surface area contributed by atoms with Crippen molar-refractivity contribution in [3.8, 4) is 0 Å². The Hall–Kier alpha value is -3.87. The first-order valence-electron chi connectivity index (χ1n) is 9.48. The summed E-state index contributed by atoms with van der Waals surface area (Å²) in [5.41, 5.74) is 7.81. The highest BCUT2D eigenvalue weighted by Crippen LogP contribution is 2.28. The second kappa shape index (κ2) is 8.58. The maximum Gasteiger partial charge on any atom is 0.256 e. The molecule has 4 aromatic rings. The molecule has 12 heteroatoms. The van der Waals surface area contributed by atoms with Gasteiger partial charge in [0.25, 0.3) is 11.8 Å². The van der Waals surface area contributed by atoms with Crippen molar-refractivity contribution in [2.24, 2.45) is 10.9 Å². The molecule has 0 bridgehead atoms. The Morgan fingerprint density at radius 3 is 2.48 bits per heavy atom. The number of nitrogens with two attached hydrogens (primary N) is 2. The first-order chi connectivity index (χ1) is 15.6. The average Bonchev–Trinajstić information content (AvgIpc) is 3.13. The number of benzene rings is 2. The smallest absolute Gasteiger partial charge is 0.256 e. The molecule has 2 heterocycles. The summed E-state index contributed by atoms with van der Waals surface area (Å²) in [4.78, 5) is 33.1. The maximum absolute atomic E-state index is 12.8. The van der Waals surface area contributed by atoms with Crippen molar-refractivity contribution < 1.29 is 18.0 Å². The third-order valence-electron chi connectivity index (χ3n) is 4.73. The molecule has 0 unspecified atom stereocenters. The van der Waals surface area contributed by atoms with Gasteiger partial charge in [-0.2, -0.15) is 0 Å². The molecule has 0 aliphatic rings. The quantitative estimate of drug-likeness (QED) is 0.327. The van der Waals surface area contributed by atoms with Gasteiger partial charge in [-0.05, 0) is 54.3 Å². The lowest BCUT2D eigenvalue weighted by atomic mass is 10.1. The molecule has 4 rings (SSSR count). The number of carbonyl (C=O) groups excluding carboxylic acids is 2. The summed E-state index contributed by atoms with van der Waals surface area (Å²) in [5.74, 6) is -0.760. The van der Waals surface area contributed by atoms with E-state index in [9.17, 15) is 18.0 Å². The van der Waals surface area contributed by atoms with E-state index in [1.54, 1.807) is 36.7 Å². The molecule has 168 valence electrons. The molecule has 0 atom stereocenters. The topological polar surface area (TPSA) is 170 Å². The van der Waals surface area contributed by atoms with Crippen LogP contribution in [0, 0.1) is 6.92 Å². The second-order valence-electron chi connectivity index (χ2n) is 7.10. The minimum Gasteiger partial charge on any atom is -0.365 e. The number of aryl methyl sites for hydroxylation is 1. The number of nitrogens with one attached hydrogen (secondary N) is 2. The van der Waals surface area contributed by atoms with Gasteiger partial charge in [0.05, 0.1) is 16.0 Å². The molecule has 10 nitrogen and oxygen atoms in total. The van der Waals surface area contributed by atoms with Gasteiger partial charge in [-0.3, -0.25) is 9.59 Å². The number of aromatic nitrogens is 2. The first kappa shape index (κ1) is 22.3. The van der Waals surface area contributed by atoms with Crippen LogP contribution in [-0.4, -0.2) is 30.2 Å². The van der Waals surface area contributed by atoms with Gasteiger partial charge >= 0.3 is 0 Å². The van der Waals surface area contributed by atoms with Gasteiger partial charge < -0.3 is 16.4 Å². The Morgan fingerprint density at radius 2 is 1.82 bits per heavy atom. The molecule has 0 fully saturated rings. The van der Waals surface area contributed by atoms with Crippen molar-refractivity contribution in [3.63, 3.8) is 0 Å². The van der Waals surface area contributed by atoms with Crippen LogP contribution in [-0.2, 0) is 10.0 Å². The molecule has 2 amide bonds. The molecule has 2 aromatic carbocycles. The number of anilines is 3. The van der Waals surface area contributed by atoms with E-state index in [0.29, 0.717) is 32.7 Å². The number of sulfonamides is 1. The number of hydrogen-bond acceptors (Lipinski definition) is 8. The van der Waals surface area contributed by atoms with Gasteiger partial charge in [0.15, 0.2) is 0 Å². The zero-order valence-corrected chi connectivity index (χ0v) is 18.8. The summed E-state index contributed by atoms with van der Waals surface area (Å²) in [7, 11) is -3.78. The monoisotopic (exact) mass is 482 g/mol. The molecule has 0 saturated carbocycles. The third-order valence-corrected chi connectivity index (χ3v) is 6.67. The van der Waals surface area contributed by atoms with E-state index in [1.807, 2.05) is 0 Å². The van der Waals surface area contributed by atoms with E-state index < -0.39 is 21.8 Å². The zero-order chi connectivity index (χ0) is 23.8. The molecule has 0 aliphatic heterocycles. The Morgan fingerprint density at radius 1 is 1.09 bits per heavy atom. The van der Waals surface area contributed by atoms with Gasteiger partial charge in [-0.1, -0.05) is 6.07 Å². The minimum atomic E-state index is -3.78. The number of primary amides is 1. The number of primary sulfonamides is 1. The number of carbonyl (C=O) groups is 2. The van der Waals surface area contributed by atoms with Crippen LogP contribution in [0.2, 0.25) is 0 Å². The maximum atomic E-state index is 12.8. The van der Waals surface area contributed by atoms with Gasteiger partial charge in [-0.15, -0.1) is 11.3 Å². The summed E-state index contributed by atoms with van der Waals surface area (Å²) >= 11 is 1.22. The minimum absolute atomic E-state index is 0.0106. The Bertz CT molecular complexity index is 1500. The van der Waals surface area contributed by atoms with Crippen LogP contribution in [0.5, 0.6) is 0 Å². The van der Waals surface area contributed by atoms with Crippen LogP contribution >= 0.6 is 11.3 Å². The predicted octanol–water partition coefficient (Wildman–Crippen LogP) is 2.74. The van der Waals surface area contributed by atoms with E-state index >= 15 is 0 Å². The van der Waals surface area contributed by atoms with Gasteiger partial charge in [0.2, 0.25) is 16.0 Å². The normalized spacial score (nSPS) is 11.3. The Kier molecular flexibility index (Phi) is 5.80. The molecule has 33 heavy (non-hydrogen) atoms. The number of fused-ring (bicyclic) bond motifs is 1. The van der Waals surface area contributed by atoms with Crippen molar-refractivity contribution in [1.82, 2.24) is 9.97 Å². The van der Waals surface area contributed by atoms with E-state index in [4.69, 9.17) is 10.9 Å². The number of amides is 2. The lowest BCUT2D eigenvalue weighted by Gasteiger charge is -2.08. The van der Waals surface area contributed by atoms with Crippen LogP contribution in [0.3, 0.4) is 0 Å². The zero-order valence-electron chi connectivity index (χ0n) is 17.2. The van der Waals surface area contributed by atoms with Crippen molar-refractivity contribution >= 4 is 60.7 Å². The van der Waals surface area contributed by atoms with E-state index in [2.05, 4.69) is 20.6 Å². The third kappa shape index (κ3) is 4.82. The fourth-order valence-corrected chi connectivity index (χ4v) is 4.56. The second-order valence-corrected chi connectivity index (χ2v) is 9.54. The van der Waals surface area contributed by atoms with Crippen LogP contribution in [0.15, 0.2) is 58.9 Å². The summed E-state index contributed by atoms with van der Waals surface area (Å²) < 4.78 is 22.8. The largest absolute Gasteiger partial charge is 0.365 e. The molecule has 0 saturated heterocycles. The molecular weight excluding hydrogens is 464 g/mol. The highest BCUT2D eigenvalue weighted by molar-refractivity contribution is 7.89. The summed E-state index contributed by atoms with van der Waals surface area (Å²) in [6.45, 7) is 1.75. The van der Waals surface area contributed by atoms with Crippen molar-refractivity contribution in [2.75, 3.05) is 10.6 Å². The number of nitrogens with zero attached hydrogens (tertiary/aromatic N) is 2. The predicted molar refractivity (Wildman–Crippen MR) is 126 cm³/mol. The molecule has 0 spiro atoms. The standard InChI is InChI=1S/C21H18N6O4S2/c1-11-10-32-20(17(11)18(22)28)27-19(29)12-2-3-13-9-24-21(26-16(13)8-12)25-14-4-6-15(7-5-14)33(23,30)31/h2-10H,1H3,(H2,22,28)(H,27,29)(H2,23,30,31)(H,24,25,26). The lowest BCUT2D eigenvalue weighted by molar-refractivity contribution is 0.100. The van der Waals surface area contributed by atoms with Crippen molar-refractivity contribution in [1.29, 1.82) is 0 Å². The average molecular weight is 483 g/mol. The fraction of sp³-hybridized carbons (Fsp3) is 0.0476. The van der Waals surface area contributed by atoms with Crippen LogP contribution in [0.25, 0.3) is 10.9 Å². The van der Waals surface area contributed by atoms with Crippen molar-refractivity contribution in [3.05, 3.63) is 70.7 Å². The van der Waals surface area contributed by atoms with Crippen LogP contribution in [0.4, 0.5) is 16.6 Å². The lowest BCUT2D eigenvalue weighted by Crippen LogP contribution is -2.17. The first-order valence-corrected chi connectivity index (χ1v) is 11.9. The fourth-order valence-electron chi connectivity index (χ4n) is 3.10. The molecule has 0 radical (unpaired) electrons. The van der Waals surface area contributed by atoms with Crippen LogP contribution < -0.4 is 21.5 Å². The number of rotatable bonds is 6. The summed E-state index contributed by atoms with van der Waals surface area (Å²) in [6, 6.07) is 10.8. The molecule has 6 N–H and O–H groups in total. The highest BCUT2D eigenvalue weighted by Gasteiger charge is 2.17. The number of hydrogen-bond donors (Lipinski definition) is 4. The molecular formula is C21H18N6O4S2. The highest BCUT2D eigenvalue weighted by atomic mass is 32.2. The SMILES string of the molecule is Cc1csc(NC(=O)c2ccc3cnc(Nc4ccc(S(N)(=O)=O)cc4)nc3c2)c1C(N)=O. The number of thiophene rings is 1. The van der Waals surface area contributed by atoms with Gasteiger partial charge in [0, 0.05) is 22.8 Å². The van der Waals surface area contributed by atoms with E-state index in [-0.39, 0.29) is 16.4 Å². The van der Waals surface area contributed by atoms with Crippen molar-refractivity contribution in [2.45, 2.75) is 11.8 Å². The Labute approximate surface area is 192 Å². The Balaban J connectivity index is 1.57. The van der Waals surface area contributed by atoms with Gasteiger partial charge in [-0.25, -0.2) is 23.5 Å². The van der Waals surface area contributed by atoms with E-state index in [0.717, 1.165) is 0 Å². The van der Waals surface area contributed by atoms with E-state index in [1.165, 1.54) is 35.6 Å².